The van der Waals surface area contributed by atoms with Crippen molar-refractivity contribution in [2.24, 2.45) is 0 Å². The molecule has 1 heterocycles. The molecular formula is C19H23N3O3. The van der Waals surface area contributed by atoms with E-state index in [-0.39, 0.29) is 12.5 Å². The number of carbonyl (C=O) groups is 1. The van der Waals surface area contributed by atoms with Crippen LogP contribution in [0.25, 0.3) is 0 Å². The van der Waals surface area contributed by atoms with Crippen LogP contribution in [-0.2, 0) is 9.53 Å². The van der Waals surface area contributed by atoms with Gasteiger partial charge in [-0.3, -0.25) is 4.79 Å². The zero-order valence-corrected chi connectivity index (χ0v) is 14.3. The first-order valence-electron chi connectivity index (χ1n) is 8.36. The molecule has 1 fully saturated rings. The number of ether oxygens (including phenoxy) is 2. The lowest BCUT2D eigenvalue weighted by atomic mass is 10.2. The van der Waals surface area contributed by atoms with Gasteiger partial charge >= 0.3 is 0 Å². The lowest BCUT2D eigenvalue weighted by molar-refractivity contribution is -0.114. The van der Waals surface area contributed by atoms with Gasteiger partial charge in [0.05, 0.1) is 38.2 Å². The number of para-hydroxylation sites is 2. The molecule has 3 rings (SSSR count). The summed E-state index contributed by atoms with van der Waals surface area (Å²) in [5.41, 5.74) is 2.80. The maximum Gasteiger partial charge on any atom is 0.243 e. The zero-order valence-electron chi connectivity index (χ0n) is 14.3. The quantitative estimate of drug-likeness (QED) is 0.846. The molecule has 0 unspecified atom stereocenters. The first-order valence-corrected chi connectivity index (χ1v) is 8.36. The minimum atomic E-state index is -0.0954. The van der Waals surface area contributed by atoms with E-state index in [1.807, 2.05) is 42.5 Å². The van der Waals surface area contributed by atoms with Crippen LogP contribution in [0.15, 0.2) is 48.5 Å². The van der Waals surface area contributed by atoms with Crippen LogP contribution in [0.2, 0.25) is 0 Å². The number of amides is 1. The molecular weight excluding hydrogens is 318 g/mol. The Morgan fingerprint density at radius 1 is 1.12 bits per heavy atom. The van der Waals surface area contributed by atoms with E-state index in [1.54, 1.807) is 7.11 Å². The second-order valence-corrected chi connectivity index (χ2v) is 5.75. The Balaban J connectivity index is 1.58. The molecule has 25 heavy (non-hydrogen) atoms. The summed E-state index contributed by atoms with van der Waals surface area (Å²) < 4.78 is 10.5. The van der Waals surface area contributed by atoms with Crippen LogP contribution in [0.4, 0.5) is 17.1 Å². The van der Waals surface area contributed by atoms with Gasteiger partial charge < -0.3 is 25.0 Å². The first-order chi connectivity index (χ1) is 12.3. The van der Waals surface area contributed by atoms with Crippen molar-refractivity contribution in [1.82, 2.24) is 0 Å². The van der Waals surface area contributed by atoms with Crippen LogP contribution in [-0.4, -0.2) is 45.9 Å². The molecule has 0 bridgehead atoms. The SMILES string of the molecule is COc1ccc(NC(=O)CNc2ccccc2N2CCOCC2)cc1. The predicted molar refractivity (Wildman–Crippen MR) is 99.6 cm³/mol. The van der Waals surface area contributed by atoms with E-state index in [0.717, 1.165) is 49.1 Å². The first kappa shape index (κ1) is 17.1. The van der Waals surface area contributed by atoms with Crippen LogP contribution in [0.5, 0.6) is 5.75 Å². The number of hydrogen-bond acceptors (Lipinski definition) is 5. The molecule has 1 aliphatic rings. The monoisotopic (exact) mass is 341 g/mol. The summed E-state index contributed by atoms with van der Waals surface area (Å²) in [7, 11) is 1.61. The van der Waals surface area contributed by atoms with Crippen molar-refractivity contribution in [1.29, 1.82) is 0 Å². The van der Waals surface area contributed by atoms with E-state index in [1.165, 1.54) is 0 Å². The lowest BCUT2D eigenvalue weighted by Crippen LogP contribution is -2.36. The van der Waals surface area contributed by atoms with Crippen molar-refractivity contribution >= 4 is 23.0 Å². The van der Waals surface area contributed by atoms with Crippen LogP contribution < -0.4 is 20.3 Å². The van der Waals surface area contributed by atoms with Gasteiger partial charge in [0, 0.05) is 18.8 Å². The number of carbonyl (C=O) groups excluding carboxylic acids is 1. The average molecular weight is 341 g/mol. The topological polar surface area (TPSA) is 62.8 Å². The zero-order chi connectivity index (χ0) is 17.5. The lowest BCUT2D eigenvalue weighted by Gasteiger charge is -2.30. The van der Waals surface area contributed by atoms with E-state index < -0.39 is 0 Å². The molecule has 2 aromatic carbocycles. The van der Waals surface area contributed by atoms with Crippen molar-refractivity contribution in [3.63, 3.8) is 0 Å². The van der Waals surface area contributed by atoms with Crippen LogP contribution in [0.3, 0.4) is 0 Å². The third-order valence-electron chi connectivity index (χ3n) is 4.07. The highest BCUT2D eigenvalue weighted by Crippen LogP contribution is 2.26. The molecule has 0 spiro atoms. The smallest absolute Gasteiger partial charge is 0.243 e. The molecule has 0 saturated carbocycles. The van der Waals surface area contributed by atoms with E-state index in [4.69, 9.17) is 9.47 Å². The second-order valence-electron chi connectivity index (χ2n) is 5.75. The third-order valence-corrected chi connectivity index (χ3v) is 4.07. The number of methoxy groups -OCH3 is 1. The predicted octanol–water partition coefficient (Wildman–Crippen LogP) is 2.58. The Hall–Kier alpha value is -2.73. The number of nitrogens with zero attached hydrogens (tertiary/aromatic N) is 1. The molecule has 6 heteroatoms. The molecule has 6 nitrogen and oxygen atoms in total. The van der Waals surface area contributed by atoms with Crippen LogP contribution >= 0.6 is 0 Å². The molecule has 1 saturated heterocycles. The fourth-order valence-electron chi connectivity index (χ4n) is 2.76. The molecule has 0 aliphatic carbocycles. The normalized spacial score (nSPS) is 14.0. The number of benzene rings is 2. The highest BCUT2D eigenvalue weighted by molar-refractivity contribution is 5.94. The Labute approximate surface area is 147 Å². The number of rotatable bonds is 6. The highest BCUT2D eigenvalue weighted by Gasteiger charge is 2.14. The van der Waals surface area contributed by atoms with E-state index in [9.17, 15) is 4.79 Å². The fourth-order valence-corrected chi connectivity index (χ4v) is 2.76. The van der Waals surface area contributed by atoms with Crippen LogP contribution in [0, 0.1) is 0 Å². The summed E-state index contributed by atoms with van der Waals surface area (Å²) in [5.74, 6) is 0.664. The Morgan fingerprint density at radius 3 is 2.56 bits per heavy atom. The highest BCUT2D eigenvalue weighted by atomic mass is 16.5. The molecule has 1 amide bonds. The largest absolute Gasteiger partial charge is 0.497 e. The maximum atomic E-state index is 12.2. The van der Waals surface area contributed by atoms with Gasteiger partial charge in [0.25, 0.3) is 0 Å². The van der Waals surface area contributed by atoms with Gasteiger partial charge in [0.1, 0.15) is 5.75 Å². The van der Waals surface area contributed by atoms with E-state index in [0.29, 0.717) is 0 Å². The maximum absolute atomic E-state index is 12.2. The van der Waals surface area contributed by atoms with Crippen molar-refractivity contribution in [2.75, 3.05) is 55.5 Å². The summed E-state index contributed by atoms with van der Waals surface area (Å²) in [6.45, 7) is 3.37. The minimum Gasteiger partial charge on any atom is -0.497 e. The summed E-state index contributed by atoms with van der Waals surface area (Å²) in [5, 5.41) is 6.11. The molecule has 0 radical (unpaired) electrons. The molecule has 2 N–H and O–H groups in total. The summed E-state index contributed by atoms with van der Waals surface area (Å²) >= 11 is 0. The third kappa shape index (κ3) is 4.64. The van der Waals surface area contributed by atoms with Gasteiger partial charge in [0.2, 0.25) is 5.91 Å². The van der Waals surface area contributed by atoms with Crippen molar-refractivity contribution in [2.45, 2.75) is 0 Å². The number of nitrogens with one attached hydrogen (secondary N) is 2. The van der Waals surface area contributed by atoms with Crippen molar-refractivity contribution in [3.05, 3.63) is 48.5 Å². The summed E-state index contributed by atoms with van der Waals surface area (Å²) in [6, 6.07) is 15.3. The molecule has 1 aliphatic heterocycles. The van der Waals surface area contributed by atoms with Crippen molar-refractivity contribution < 1.29 is 14.3 Å². The van der Waals surface area contributed by atoms with Crippen molar-refractivity contribution in [3.8, 4) is 5.75 Å². The summed E-state index contributed by atoms with van der Waals surface area (Å²) in [4.78, 5) is 14.5. The van der Waals surface area contributed by atoms with Crippen LogP contribution in [0.1, 0.15) is 0 Å². The van der Waals surface area contributed by atoms with Gasteiger partial charge in [-0.1, -0.05) is 12.1 Å². The van der Waals surface area contributed by atoms with Gasteiger partial charge in [0.15, 0.2) is 0 Å². The molecule has 0 atom stereocenters. The Bertz CT molecular complexity index is 697. The van der Waals surface area contributed by atoms with E-state index in [2.05, 4.69) is 21.6 Å². The molecule has 132 valence electrons. The minimum absolute atomic E-state index is 0.0954. The Morgan fingerprint density at radius 2 is 1.84 bits per heavy atom. The van der Waals surface area contributed by atoms with E-state index >= 15 is 0 Å². The summed E-state index contributed by atoms with van der Waals surface area (Å²) in [6.07, 6.45) is 0. The standard InChI is InChI=1S/C19H23N3O3/c1-24-16-8-6-15(7-9-16)21-19(23)14-20-17-4-2-3-5-18(17)22-10-12-25-13-11-22/h2-9,20H,10-14H2,1H3,(H,21,23). The average Bonchev–Trinajstić information content (AvgIpc) is 2.68. The van der Waals surface area contributed by atoms with Gasteiger partial charge in [-0.2, -0.15) is 0 Å². The molecule has 2 aromatic rings. The number of anilines is 3. The fraction of sp³-hybridized carbons (Fsp3) is 0.316. The number of morpholine rings is 1. The second kappa shape index (κ2) is 8.39. The molecule has 0 aromatic heterocycles. The Kier molecular flexibility index (Phi) is 5.74. The number of hydrogen-bond donors (Lipinski definition) is 2. The van der Waals surface area contributed by atoms with Gasteiger partial charge in [-0.25, -0.2) is 0 Å². The van der Waals surface area contributed by atoms with Gasteiger partial charge in [-0.15, -0.1) is 0 Å². The van der Waals surface area contributed by atoms with Gasteiger partial charge in [-0.05, 0) is 36.4 Å².